The zero-order chi connectivity index (χ0) is 15.9. The quantitative estimate of drug-likeness (QED) is 0.802. The van der Waals surface area contributed by atoms with Gasteiger partial charge in [-0.2, -0.15) is 5.10 Å². The molecule has 3 heterocycles. The van der Waals surface area contributed by atoms with Gasteiger partial charge in [-0.1, -0.05) is 37.5 Å². The van der Waals surface area contributed by atoms with E-state index >= 15 is 0 Å². The fraction of sp³-hybridized carbons (Fsp3) is 0.450. The normalized spacial score (nSPS) is 26.5. The highest BCUT2D eigenvalue weighted by Gasteiger charge is 2.43. The third-order valence-corrected chi connectivity index (χ3v) is 5.59. The van der Waals surface area contributed by atoms with Crippen molar-refractivity contribution in [2.45, 2.75) is 50.8 Å². The number of hydrogen-bond acceptors (Lipinski definition) is 4. The largest absolute Gasteiger partial charge is 0.468 e. The summed E-state index contributed by atoms with van der Waals surface area (Å²) in [6.45, 7) is 0. The Morgan fingerprint density at radius 3 is 2.71 bits per heavy atom. The fourth-order valence-corrected chi connectivity index (χ4v) is 4.38. The molecule has 1 aromatic heterocycles. The second-order valence-corrected chi connectivity index (χ2v) is 7.07. The van der Waals surface area contributed by atoms with Gasteiger partial charge in [-0.25, -0.2) is 5.01 Å². The van der Waals surface area contributed by atoms with Crippen LogP contribution in [-0.2, 0) is 0 Å². The molecule has 0 radical (unpaired) electrons. The second kappa shape index (κ2) is 5.69. The average Bonchev–Trinajstić information content (AvgIpc) is 3.31. The van der Waals surface area contributed by atoms with E-state index in [0.29, 0.717) is 5.92 Å². The first-order chi connectivity index (χ1) is 11.9. The Hall–Kier alpha value is -2.23. The van der Waals surface area contributed by atoms with Crippen molar-refractivity contribution in [2.24, 2.45) is 11.0 Å². The molecule has 0 saturated heterocycles. The van der Waals surface area contributed by atoms with Gasteiger partial charge in [0.1, 0.15) is 17.2 Å². The molecule has 0 bridgehead atoms. The summed E-state index contributed by atoms with van der Waals surface area (Å²) >= 11 is 0. The Kier molecular flexibility index (Phi) is 3.35. The van der Waals surface area contributed by atoms with Crippen molar-refractivity contribution in [1.29, 1.82) is 0 Å². The van der Waals surface area contributed by atoms with Crippen molar-refractivity contribution in [3.05, 3.63) is 54.0 Å². The molecule has 0 spiro atoms. The van der Waals surface area contributed by atoms with Crippen LogP contribution in [0.1, 0.15) is 55.9 Å². The number of furan rings is 1. The number of para-hydroxylation sites is 1. The number of fused-ring (bicyclic) bond motifs is 3. The van der Waals surface area contributed by atoms with E-state index in [1.807, 2.05) is 12.1 Å². The highest BCUT2D eigenvalue weighted by Crippen LogP contribution is 2.46. The van der Waals surface area contributed by atoms with E-state index in [-0.39, 0.29) is 12.3 Å². The van der Waals surface area contributed by atoms with Gasteiger partial charge >= 0.3 is 0 Å². The van der Waals surface area contributed by atoms with Crippen molar-refractivity contribution >= 4 is 5.71 Å². The van der Waals surface area contributed by atoms with Crippen LogP contribution < -0.4 is 4.74 Å². The lowest BCUT2D eigenvalue weighted by Gasteiger charge is -2.42. The Balaban J connectivity index is 1.53. The average molecular weight is 322 g/mol. The maximum atomic E-state index is 6.44. The molecule has 1 fully saturated rings. The van der Waals surface area contributed by atoms with Crippen LogP contribution in [0, 0.1) is 5.92 Å². The standard InChI is InChI=1S/C20H22N2O2/c1-2-7-14(8-3-1)20-22-17(15-9-4-5-10-18(15)24-20)13-16(21-22)19-11-6-12-23-19/h4-6,9-12,14,17,20H,1-3,7-8,13H2/t17-,20-/m0/s1. The van der Waals surface area contributed by atoms with Crippen LogP contribution >= 0.6 is 0 Å². The van der Waals surface area contributed by atoms with Crippen molar-refractivity contribution in [3.63, 3.8) is 0 Å². The highest BCUT2D eigenvalue weighted by molar-refractivity contribution is 5.99. The molecule has 124 valence electrons. The van der Waals surface area contributed by atoms with Gasteiger partial charge in [-0.05, 0) is 31.0 Å². The number of hydrazone groups is 1. The van der Waals surface area contributed by atoms with Gasteiger partial charge < -0.3 is 9.15 Å². The number of rotatable bonds is 2. The van der Waals surface area contributed by atoms with Crippen molar-refractivity contribution < 1.29 is 9.15 Å². The van der Waals surface area contributed by atoms with E-state index in [1.165, 1.54) is 37.7 Å². The summed E-state index contributed by atoms with van der Waals surface area (Å²) in [6.07, 6.45) is 9.10. The summed E-state index contributed by atoms with van der Waals surface area (Å²) in [5.74, 6) is 2.48. The van der Waals surface area contributed by atoms with Crippen LogP contribution in [0.3, 0.4) is 0 Å². The van der Waals surface area contributed by atoms with E-state index in [2.05, 4.69) is 29.3 Å². The molecule has 2 aliphatic heterocycles. The molecular formula is C20H22N2O2. The van der Waals surface area contributed by atoms with Crippen LogP contribution in [0.4, 0.5) is 0 Å². The maximum Gasteiger partial charge on any atom is 0.190 e. The lowest BCUT2D eigenvalue weighted by Crippen LogP contribution is -2.45. The first kappa shape index (κ1) is 14.1. The zero-order valence-electron chi connectivity index (χ0n) is 13.7. The lowest BCUT2D eigenvalue weighted by molar-refractivity contribution is -0.0643. The predicted octanol–water partition coefficient (Wildman–Crippen LogP) is 4.73. The molecular weight excluding hydrogens is 300 g/mol. The Morgan fingerprint density at radius 1 is 1.00 bits per heavy atom. The van der Waals surface area contributed by atoms with Gasteiger partial charge in [-0.15, -0.1) is 0 Å². The van der Waals surface area contributed by atoms with Gasteiger partial charge in [0.15, 0.2) is 6.23 Å². The third kappa shape index (κ3) is 2.24. The molecule has 0 unspecified atom stereocenters. The fourth-order valence-electron chi connectivity index (χ4n) is 4.38. The van der Waals surface area contributed by atoms with Crippen LogP contribution in [-0.4, -0.2) is 16.9 Å². The Bertz CT molecular complexity index is 747. The highest BCUT2D eigenvalue weighted by atomic mass is 16.5. The molecule has 4 heteroatoms. The van der Waals surface area contributed by atoms with Gasteiger partial charge in [0.2, 0.25) is 0 Å². The molecule has 2 atom stereocenters. The zero-order valence-corrected chi connectivity index (χ0v) is 13.7. The minimum Gasteiger partial charge on any atom is -0.468 e. The van der Waals surface area contributed by atoms with E-state index < -0.39 is 0 Å². The minimum absolute atomic E-state index is 0.0534. The Labute approximate surface area is 142 Å². The molecule has 1 aliphatic carbocycles. The van der Waals surface area contributed by atoms with E-state index in [1.54, 1.807) is 6.26 Å². The van der Waals surface area contributed by atoms with Crippen LogP contribution in [0.15, 0.2) is 52.2 Å². The number of benzene rings is 1. The van der Waals surface area contributed by atoms with Crippen LogP contribution in [0.25, 0.3) is 0 Å². The summed E-state index contributed by atoms with van der Waals surface area (Å²) in [5, 5.41) is 7.16. The van der Waals surface area contributed by atoms with Gasteiger partial charge in [0, 0.05) is 17.9 Å². The van der Waals surface area contributed by atoms with Crippen LogP contribution in [0.2, 0.25) is 0 Å². The van der Waals surface area contributed by atoms with Crippen molar-refractivity contribution in [1.82, 2.24) is 5.01 Å². The summed E-state index contributed by atoms with van der Waals surface area (Å²) in [6, 6.07) is 12.6. The summed E-state index contributed by atoms with van der Waals surface area (Å²) in [7, 11) is 0. The van der Waals surface area contributed by atoms with Gasteiger partial charge in [0.25, 0.3) is 0 Å². The molecule has 0 amide bonds. The summed E-state index contributed by atoms with van der Waals surface area (Å²) in [4.78, 5) is 0. The molecule has 24 heavy (non-hydrogen) atoms. The van der Waals surface area contributed by atoms with Gasteiger partial charge in [0.05, 0.1) is 12.3 Å². The van der Waals surface area contributed by atoms with Crippen LogP contribution in [0.5, 0.6) is 5.75 Å². The van der Waals surface area contributed by atoms with Crippen molar-refractivity contribution in [3.8, 4) is 5.75 Å². The molecule has 1 aromatic carbocycles. The summed E-state index contributed by atoms with van der Waals surface area (Å²) in [5.41, 5.74) is 2.28. The predicted molar refractivity (Wildman–Crippen MR) is 91.9 cm³/mol. The van der Waals surface area contributed by atoms with E-state index in [9.17, 15) is 0 Å². The molecule has 3 aliphatic rings. The Morgan fingerprint density at radius 2 is 1.88 bits per heavy atom. The summed E-state index contributed by atoms with van der Waals surface area (Å²) < 4.78 is 12.0. The number of ether oxygens (including phenoxy) is 1. The minimum atomic E-state index is 0.0534. The molecule has 4 nitrogen and oxygen atoms in total. The first-order valence-electron chi connectivity index (χ1n) is 9.05. The molecule has 1 saturated carbocycles. The SMILES string of the molecule is c1coc(C2=NN3[C@@H](C2)c2ccccc2O[C@H]3C2CCCCC2)c1. The molecule has 0 N–H and O–H groups in total. The first-order valence-corrected chi connectivity index (χ1v) is 9.05. The third-order valence-electron chi connectivity index (χ3n) is 5.59. The van der Waals surface area contributed by atoms with Gasteiger partial charge in [-0.3, -0.25) is 0 Å². The maximum absolute atomic E-state index is 6.44. The lowest BCUT2D eigenvalue weighted by atomic mass is 9.86. The van der Waals surface area contributed by atoms with E-state index in [4.69, 9.17) is 14.3 Å². The second-order valence-electron chi connectivity index (χ2n) is 7.07. The molecule has 2 aromatic rings. The molecule has 5 rings (SSSR count). The van der Waals surface area contributed by atoms with E-state index in [0.717, 1.165) is 23.6 Å². The van der Waals surface area contributed by atoms with Crippen molar-refractivity contribution in [2.75, 3.05) is 0 Å². The topological polar surface area (TPSA) is 38.0 Å². The number of hydrogen-bond donors (Lipinski definition) is 0. The smallest absolute Gasteiger partial charge is 0.190 e. The monoisotopic (exact) mass is 322 g/mol. The number of nitrogens with zero attached hydrogens (tertiary/aromatic N) is 2.